The van der Waals surface area contributed by atoms with E-state index in [1.165, 1.54) is 25.9 Å². The minimum absolute atomic E-state index is 0. The summed E-state index contributed by atoms with van der Waals surface area (Å²) >= 11 is 3.47. The van der Waals surface area contributed by atoms with E-state index in [2.05, 4.69) is 45.8 Å². The Morgan fingerprint density at radius 3 is 2.62 bits per heavy atom. The molecule has 1 atom stereocenters. The number of piperidine rings is 3. The molecule has 0 radical (unpaired) electrons. The zero-order chi connectivity index (χ0) is 22.2. The molecule has 3 fully saturated rings. The number of aromatic nitrogens is 2. The summed E-state index contributed by atoms with van der Waals surface area (Å²) in [7, 11) is -1.17. The van der Waals surface area contributed by atoms with Gasteiger partial charge >= 0.3 is 24.8 Å². The van der Waals surface area contributed by atoms with Crippen molar-refractivity contribution < 1.29 is 14.6 Å². The van der Waals surface area contributed by atoms with Crippen LogP contribution in [0.25, 0.3) is 10.9 Å². The van der Waals surface area contributed by atoms with E-state index < -0.39 is 14.0 Å². The topological polar surface area (TPSA) is 79.6 Å². The van der Waals surface area contributed by atoms with Crippen LogP contribution in [0.1, 0.15) is 28.9 Å². The Morgan fingerprint density at radius 1 is 1.31 bits per heavy atom. The molecule has 10 heteroatoms. The van der Waals surface area contributed by atoms with Gasteiger partial charge in [-0.1, -0.05) is 35.6 Å². The number of aromatic carboxylic acids is 1. The van der Waals surface area contributed by atoms with E-state index in [4.69, 9.17) is 9.84 Å². The molecule has 3 aliphatic rings. The van der Waals surface area contributed by atoms with Gasteiger partial charge in [-0.3, -0.25) is 0 Å². The van der Waals surface area contributed by atoms with Gasteiger partial charge in [-0.15, -0.1) is 0 Å². The van der Waals surface area contributed by atoms with Gasteiger partial charge in [0.25, 0.3) is 0 Å². The third-order valence-electron chi connectivity index (χ3n) is 6.52. The Morgan fingerprint density at radius 2 is 2.03 bits per heavy atom. The monoisotopic (exact) mass is 516 g/mol. The van der Waals surface area contributed by atoms with Crippen LogP contribution < -0.4 is 5.32 Å². The van der Waals surface area contributed by atoms with Crippen molar-refractivity contribution in [1.82, 2.24) is 20.0 Å². The van der Waals surface area contributed by atoms with Crippen molar-refractivity contribution >= 4 is 59.7 Å². The first-order valence-electron chi connectivity index (χ1n) is 11.2. The van der Waals surface area contributed by atoms with E-state index in [0.717, 1.165) is 28.3 Å². The molecule has 3 aliphatic heterocycles. The summed E-state index contributed by atoms with van der Waals surface area (Å²) in [5.74, 6) is -0.231. The van der Waals surface area contributed by atoms with Gasteiger partial charge in [-0.05, 0) is 50.0 Å². The van der Waals surface area contributed by atoms with Crippen molar-refractivity contribution in [3.63, 3.8) is 0 Å². The van der Waals surface area contributed by atoms with Crippen molar-refractivity contribution in [2.75, 3.05) is 26.2 Å². The predicted octanol–water partition coefficient (Wildman–Crippen LogP) is 3.34. The van der Waals surface area contributed by atoms with Crippen molar-refractivity contribution in [3.8, 4) is 0 Å². The number of ether oxygens (including phenoxy) is 1. The molecule has 2 N–H and O–H groups in total. The Hall–Kier alpha value is -0.666. The molecule has 1 unspecified atom stereocenters. The molecule has 0 saturated carbocycles. The number of carbonyl (C=O) groups is 1. The summed E-state index contributed by atoms with van der Waals surface area (Å²) in [5.41, 5.74) is 1.86. The molecule has 0 aliphatic carbocycles. The number of rotatable bonds is 9. The number of halogens is 1. The third-order valence-corrected chi connectivity index (χ3v) is 8.68. The van der Waals surface area contributed by atoms with Gasteiger partial charge in [0.2, 0.25) is 0 Å². The van der Waals surface area contributed by atoms with Gasteiger partial charge in [0.15, 0.2) is 0 Å². The number of benzene rings is 1. The van der Waals surface area contributed by atoms with E-state index in [1.807, 2.05) is 10.7 Å². The summed E-state index contributed by atoms with van der Waals surface area (Å²) in [5, 5.41) is 19.0. The van der Waals surface area contributed by atoms with Crippen LogP contribution in [0.2, 0.25) is 25.7 Å². The van der Waals surface area contributed by atoms with Crippen molar-refractivity contribution in [1.29, 1.82) is 0 Å². The van der Waals surface area contributed by atoms with E-state index in [-0.39, 0.29) is 24.4 Å². The fourth-order valence-electron chi connectivity index (χ4n) is 4.69. The molecular weight excluding hydrogens is 483 g/mol. The van der Waals surface area contributed by atoms with Crippen molar-refractivity contribution in [3.05, 3.63) is 27.9 Å². The second-order valence-electron chi connectivity index (χ2n) is 10.1. The van der Waals surface area contributed by atoms with Crippen LogP contribution in [-0.4, -0.2) is 85.0 Å². The van der Waals surface area contributed by atoms with Crippen molar-refractivity contribution in [2.45, 2.75) is 57.8 Å². The summed E-state index contributed by atoms with van der Waals surface area (Å²) in [4.78, 5) is 14.5. The Kier molecular flexibility index (Phi) is 8.70. The maximum absolute atomic E-state index is 12.0. The number of fused-ring (bicyclic) bond motifs is 4. The molecule has 3 saturated heterocycles. The van der Waals surface area contributed by atoms with Crippen LogP contribution >= 0.6 is 15.9 Å². The molecule has 0 amide bonds. The molecule has 32 heavy (non-hydrogen) atoms. The fraction of sp³-hybridized carbons (Fsp3) is 0.636. The zero-order valence-electron chi connectivity index (χ0n) is 18.7. The molecule has 7 nitrogen and oxygen atoms in total. The second kappa shape index (κ2) is 10.7. The Labute approximate surface area is 211 Å². The Bertz CT molecular complexity index is 957. The molecule has 5 rings (SSSR count). The van der Waals surface area contributed by atoms with E-state index in [1.54, 1.807) is 6.07 Å². The molecule has 4 heterocycles. The SMILES string of the molecule is C[Si](C)(C)CCOCn1nc(CNC2CN3CCC2CC3)c2c(C(=O)O)cc(Br)cc21.[LiH]. The summed E-state index contributed by atoms with van der Waals surface area (Å²) in [6.07, 6.45) is 2.48. The zero-order valence-corrected chi connectivity index (χ0v) is 21.2. The molecule has 2 aromatic rings. The van der Waals surface area contributed by atoms with Gasteiger partial charge in [0, 0.05) is 43.7 Å². The van der Waals surface area contributed by atoms with Crippen LogP contribution in [-0.2, 0) is 18.0 Å². The standard InChI is InChI=1S/C22H33BrN4O3Si.Li.H/c1-31(2,3)9-8-30-14-27-20-11-16(23)10-17(22(28)29)21(20)18(25-27)12-24-19-13-26-6-4-15(19)5-7-26;;/h10-11,15,19,24H,4-9,12-14H2,1-3H3,(H,28,29);;. The van der Waals surface area contributed by atoms with Gasteiger partial charge < -0.3 is 20.1 Å². The van der Waals surface area contributed by atoms with Gasteiger partial charge in [0.05, 0.1) is 16.8 Å². The quantitative estimate of drug-likeness (QED) is 0.393. The average molecular weight is 517 g/mol. The van der Waals surface area contributed by atoms with Crippen LogP contribution in [0.5, 0.6) is 0 Å². The third kappa shape index (κ3) is 6.06. The minimum atomic E-state index is -1.17. The molecule has 0 spiro atoms. The maximum atomic E-state index is 12.0. The Balaban J connectivity index is 0.00000289. The van der Waals surface area contributed by atoms with Crippen LogP contribution in [0.15, 0.2) is 16.6 Å². The summed E-state index contributed by atoms with van der Waals surface area (Å²) in [6, 6.07) is 5.14. The summed E-state index contributed by atoms with van der Waals surface area (Å²) < 4.78 is 8.48. The van der Waals surface area contributed by atoms with E-state index in [9.17, 15) is 9.90 Å². The first kappa shape index (κ1) is 25.9. The number of carboxylic acids is 1. The number of nitrogens with zero attached hydrogens (tertiary/aromatic N) is 3. The fourth-order valence-corrected chi connectivity index (χ4v) is 5.90. The first-order valence-corrected chi connectivity index (χ1v) is 15.7. The predicted molar refractivity (Wildman–Crippen MR) is 135 cm³/mol. The molecular formula is C22H34BrLiN4O3Si. The van der Waals surface area contributed by atoms with E-state index >= 15 is 0 Å². The number of nitrogens with one attached hydrogen (secondary N) is 1. The normalized spacial score (nSPS) is 22.8. The van der Waals surface area contributed by atoms with Gasteiger partial charge in [-0.2, -0.15) is 5.10 Å². The number of hydrogen-bond acceptors (Lipinski definition) is 5. The van der Waals surface area contributed by atoms with E-state index in [0.29, 0.717) is 37.2 Å². The van der Waals surface area contributed by atoms with Crippen LogP contribution in [0.3, 0.4) is 0 Å². The van der Waals surface area contributed by atoms with Crippen LogP contribution in [0.4, 0.5) is 0 Å². The number of hydrogen-bond donors (Lipinski definition) is 2. The molecule has 1 aromatic carbocycles. The van der Waals surface area contributed by atoms with Gasteiger partial charge in [-0.25, -0.2) is 9.48 Å². The average Bonchev–Trinajstić information content (AvgIpc) is 3.06. The van der Waals surface area contributed by atoms with Gasteiger partial charge in [0.1, 0.15) is 6.73 Å². The van der Waals surface area contributed by atoms with Crippen molar-refractivity contribution in [2.24, 2.45) is 5.92 Å². The first-order chi connectivity index (χ1) is 14.7. The molecule has 2 bridgehead atoms. The number of carboxylic acid groups (broad SMARTS) is 1. The van der Waals surface area contributed by atoms with Crippen LogP contribution in [0, 0.1) is 5.92 Å². The second-order valence-corrected chi connectivity index (χ2v) is 16.6. The molecule has 1 aromatic heterocycles. The molecule has 172 valence electrons. The summed E-state index contributed by atoms with van der Waals surface area (Å²) in [6.45, 7) is 12.0.